The first-order chi connectivity index (χ1) is 9.40. The van der Waals surface area contributed by atoms with Crippen molar-refractivity contribution in [1.82, 2.24) is 5.32 Å². The molecule has 5 nitrogen and oxygen atoms in total. The summed E-state index contributed by atoms with van der Waals surface area (Å²) >= 11 is 0. The van der Waals surface area contributed by atoms with Crippen LogP contribution in [0.5, 0.6) is 5.75 Å². The summed E-state index contributed by atoms with van der Waals surface area (Å²) in [7, 11) is 0. The first-order valence-electron chi connectivity index (χ1n) is 6.59. The van der Waals surface area contributed by atoms with Gasteiger partial charge in [0, 0.05) is 6.54 Å². The molecule has 1 atom stereocenters. The molecule has 0 aromatic heterocycles. The number of benzene rings is 1. The Hall–Kier alpha value is -2.04. The van der Waals surface area contributed by atoms with Gasteiger partial charge in [0.15, 0.2) is 0 Å². The molecule has 0 saturated heterocycles. The van der Waals surface area contributed by atoms with Gasteiger partial charge in [-0.2, -0.15) is 0 Å². The molecular formula is C15H21NO4. The molecule has 0 saturated carbocycles. The van der Waals surface area contributed by atoms with E-state index in [1.807, 2.05) is 32.0 Å². The zero-order chi connectivity index (χ0) is 15.1. The molecular weight excluding hydrogens is 258 g/mol. The van der Waals surface area contributed by atoms with E-state index in [1.54, 1.807) is 6.92 Å². The molecule has 20 heavy (non-hydrogen) atoms. The quantitative estimate of drug-likeness (QED) is 0.799. The molecule has 1 rings (SSSR count). The molecule has 110 valence electrons. The van der Waals surface area contributed by atoms with Crippen molar-refractivity contribution in [1.29, 1.82) is 0 Å². The first-order valence-corrected chi connectivity index (χ1v) is 6.59. The van der Waals surface area contributed by atoms with Gasteiger partial charge in [0.2, 0.25) is 5.91 Å². The lowest BCUT2D eigenvalue weighted by Gasteiger charge is -2.11. The number of carboxylic acid groups (broad SMARTS) is 1. The van der Waals surface area contributed by atoms with E-state index in [0.29, 0.717) is 0 Å². The van der Waals surface area contributed by atoms with Gasteiger partial charge in [-0.25, -0.2) is 0 Å². The van der Waals surface area contributed by atoms with Gasteiger partial charge in [0.1, 0.15) is 5.75 Å². The summed E-state index contributed by atoms with van der Waals surface area (Å²) in [6.07, 6.45) is 0.208. The van der Waals surface area contributed by atoms with Crippen molar-refractivity contribution in [3.8, 4) is 5.75 Å². The van der Waals surface area contributed by atoms with Crippen LogP contribution in [0, 0.1) is 19.8 Å². The maximum Gasteiger partial charge on any atom is 0.308 e. The number of amides is 1. The summed E-state index contributed by atoms with van der Waals surface area (Å²) in [4.78, 5) is 22.1. The second kappa shape index (κ2) is 7.53. The van der Waals surface area contributed by atoms with Crippen molar-refractivity contribution < 1.29 is 19.4 Å². The van der Waals surface area contributed by atoms with Gasteiger partial charge >= 0.3 is 5.97 Å². The summed E-state index contributed by atoms with van der Waals surface area (Å²) in [5.74, 6) is -0.934. The van der Waals surface area contributed by atoms with Crippen molar-refractivity contribution in [3.05, 3.63) is 29.3 Å². The molecule has 0 spiro atoms. The van der Waals surface area contributed by atoms with Gasteiger partial charge in [-0.1, -0.05) is 19.1 Å². The second-order valence-electron chi connectivity index (χ2n) is 4.91. The molecule has 1 aromatic rings. The normalized spacial score (nSPS) is 11.8. The van der Waals surface area contributed by atoms with Crippen molar-refractivity contribution in [3.63, 3.8) is 0 Å². The van der Waals surface area contributed by atoms with Crippen molar-refractivity contribution >= 4 is 11.9 Å². The van der Waals surface area contributed by atoms with Crippen LogP contribution in [0.4, 0.5) is 0 Å². The number of hydrogen-bond donors (Lipinski definition) is 2. The zero-order valence-electron chi connectivity index (χ0n) is 12.1. The van der Waals surface area contributed by atoms with E-state index in [2.05, 4.69) is 5.32 Å². The highest BCUT2D eigenvalue weighted by Gasteiger charge is 2.12. The van der Waals surface area contributed by atoms with E-state index in [0.717, 1.165) is 16.9 Å². The fourth-order valence-corrected chi connectivity index (χ4v) is 1.56. The highest BCUT2D eigenvalue weighted by atomic mass is 16.5. The summed E-state index contributed by atoms with van der Waals surface area (Å²) in [5, 5.41) is 11.3. The van der Waals surface area contributed by atoms with Gasteiger partial charge in [-0.15, -0.1) is 0 Å². The molecule has 0 fully saturated rings. The third-order valence-corrected chi connectivity index (χ3v) is 2.96. The maximum atomic E-state index is 11.5. The van der Waals surface area contributed by atoms with Gasteiger partial charge < -0.3 is 15.2 Å². The largest absolute Gasteiger partial charge is 0.493 e. The lowest BCUT2D eigenvalue weighted by atomic mass is 10.1. The number of aliphatic carboxylic acids is 1. The number of carbonyl (C=O) groups excluding carboxylic acids is 1. The number of hydrogen-bond acceptors (Lipinski definition) is 3. The summed E-state index contributed by atoms with van der Waals surface area (Å²) < 4.78 is 5.57. The smallest absolute Gasteiger partial charge is 0.308 e. The lowest BCUT2D eigenvalue weighted by Crippen LogP contribution is -2.32. The Morgan fingerprint density at radius 2 is 2.05 bits per heavy atom. The minimum atomic E-state index is -0.920. The van der Waals surface area contributed by atoms with E-state index >= 15 is 0 Å². The average Bonchev–Trinajstić information content (AvgIpc) is 2.39. The number of aryl methyl sites for hydroxylation is 2. The van der Waals surface area contributed by atoms with E-state index in [1.165, 1.54) is 0 Å². The molecule has 0 aliphatic carbocycles. The first kappa shape index (κ1) is 16.0. The third-order valence-electron chi connectivity index (χ3n) is 2.96. The van der Waals surface area contributed by atoms with E-state index in [4.69, 9.17) is 9.84 Å². The van der Waals surface area contributed by atoms with Crippen LogP contribution < -0.4 is 10.1 Å². The van der Waals surface area contributed by atoms with Crippen LogP contribution >= 0.6 is 0 Å². The fraction of sp³-hybridized carbons (Fsp3) is 0.467. The molecule has 0 aliphatic heterocycles. The van der Waals surface area contributed by atoms with Crippen LogP contribution in [-0.2, 0) is 9.59 Å². The standard InChI is InChI=1S/C15H21NO4/c1-10-4-5-11(2)13(8-10)20-7-6-14(17)16-9-12(3)15(18)19/h4-5,8,12H,6-7,9H2,1-3H3,(H,16,17)(H,18,19). The minimum Gasteiger partial charge on any atom is -0.493 e. The summed E-state index contributed by atoms with van der Waals surface area (Å²) in [6.45, 7) is 5.89. The van der Waals surface area contributed by atoms with Crippen molar-refractivity contribution in [2.24, 2.45) is 5.92 Å². The van der Waals surface area contributed by atoms with Crippen LogP contribution in [0.25, 0.3) is 0 Å². The highest BCUT2D eigenvalue weighted by Crippen LogP contribution is 2.19. The fourth-order valence-electron chi connectivity index (χ4n) is 1.56. The van der Waals surface area contributed by atoms with Gasteiger partial charge in [0.05, 0.1) is 18.9 Å². The summed E-state index contributed by atoms with van der Waals surface area (Å²) in [6, 6.07) is 5.90. The van der Waals surface area contributed by atoms with Gasteiger partial charge in [-0.05, 0) is 31.0 Å². The minimum absolute atomic E-state index is 0.137. The number of rotatable bonds is 7. The molecule has 0 bridgehead atoms. The van der Waals surface area contributed by atoms with Gasteiger partial charge in [-0.3, -0.25) is 9.59 Å². The second-order valence-corrected chi connectivity index (χ2v) is 4.91. The van der Waals surface area contributed by atoms with Crippen molar-refractivity contribution in [2.45, 2.75) is 27.2 Å². The van der Waals surface area contributed by atoms with Crippen LogP contribution in [0.3, 0.4) is 0 Å². The zero-order valence-corrected chi connectivity index (χ0v) is 12.1. The number of nitrogens with one attached hydrogen (secondary N) is 1. The van der Waals surface area contributed by atoms with Crippen LogP contribution in [-0.4, -0.2) is 30.1 Å². The Bertz CT molecular complexity index is 485. The predicted molar refractivity (Wildman–Crippen MR) is 75.8 cm³/mol. The van der Waals surface area contributed by atoms with Crippen LogP contribution in [0.2, 0.25) is 0 Å². The molecule has 0 heterocycles. The van der Waals surface area contributed by atoms with Crippen LogP contribution in [0.15, 0.2) is 18.2 Å². The molecule has 1 unspecified atom stereocenters. The summed E-state index contributed by atoms with van der Waals surface area (Å²) in [5.41, 5.74) is 2.13. The van der Waals surface area contributed by atoms with E-state index < -0.39 is 11.9 Å². The Kier molecular flexibility index (Phi) is 6.03. The Balaban J connectivity index is 2.31. The molecule has 1 aromatic carbocycles. The van der Waals surface area contributed by atoms with Gasteiger partial charge in [0.25, 0.3) is 0 Å². The van der Waals surface area contributed by atoms with E-state index in [-0.39, 0.29) is 25.5 Å². The monoisotopic (exact) mass is 279 g/mol. The van der Waals surface area contributed by atoms with Crippen LogP contribution in [0.1, 0.15) is 24.5 Å². The molecule has 1 amide bonds. The highest BCUT2D eigenvalue weighted by molar-refractivity contribution is 5.77. The molecule has 0 radical (unpaired) electrons. The maximum absolute atomic E-state index is 11.5. The SMILES string of the molecule is Cc1ccc(C)c(OCCC(=O)NCC(C)C(=O)O)c1. The topological polar surface area (TPSA) is 75.6 Å². The van der Waals surface area contributed by atoms with E-state index in [9.17, 15) is 9.59 Å². The lowest BCUT2D eigenvalue weighted by molar-refractivity contribution is -0.141. The Morgan fingerprint density at radius 3 is 2.70 bits per heavy atom. The number of ether oxygens (including phenoxy) is 1. The Labute approximate surface area is 118 Å². The number of carboxylic acids is 1. The molecule has 5 heteroatoms. The average molecular weight is 279 g/mol. The Morgan fingerprint density at radius 1 is 1.35 bits per heavy atom. The predicted octanol–water partition coefficient (Wildman–Crippen LogP) is 1.91. The molecule has 2 N–H and O–H groups in total. The van der Waals surface area contributed by atoms with Crippen molar-refractivity contribution in [2.75, 3.05) is 13.2 Å². The number of carbonyl (C=O) groups is 2. The third kappa shape index (κ3) is 5.30. The molecule has 0 aliphatic rings.